The van der Waals surface area contributed by atoms with Gasteiger partial charge in [0, 0.05) is 6.54 Å². The first-order valence-corrected chi connectivity index (χ1v) is 6.25. The third-order valence-electron chi connectivity index (χ3n) is 3.00. The van der Waals surface area contributed by atoms with E-state index in [1.165, 1.54) is 17.0 Å². The number of benzene rings is 1. The summed E-state index contributed by atoms with van der Waals surface area (Å²) >= 11 is 0. The van der Waals surface area contributed by atoms with Crippen LogP contribution in [0.3, 0.4) is 0 Å². The Morgan fingerprint density at radius 2 is 1.84 bits per heavy atom. The first-order chi connectivity index (χ1) is 8.99. The zero-order valence-corrected chi connectivity index (χ0v) is 11.1. The summed E-state index contributed by atoms with van der Waals surface area (Å²) in [6.45, 7) is 3.61. The van der Waals surface area contributed by atoms with Crippen LogP contribution in [0.4, 0.5) is 4.39 Å². The van der Waals surface area contributed by atoms with Gasteiger partial charge in [0.05, 0.1) is 5.92 Å². The highest BCUT2D eigenvalue weighted by Gasteiger charge is 2.24. The van der Waals surface area contributed by atoms with Crippen molar-refractivity contribution in [1.29, 1.82) is 0 Å². The summed E-state index contributed by atoms with van der Waals surface area (Å²) in [6.07, 6.45) is 0.542. The van der Waals surface area contributed by atoms with Gasteiger partial charge in [0.25, 0.3) is 0 Å². The van der Waals surface area contributed by atoms with Crippen LogP contribution in [0.25, 0.3) is 0 Å². The van der Waals surface area contributed by atoms with Gasteiger partial charge in [-0.05, 0) is 31.0 Å². The van der Waals surface area contributed by atoms with Gasteiger partial charge in [-0.1, -0.05) is 19.1 Å². The molecule has 5 heteroatoms. The van der Waals surface area contributed by atoms with Crippen LogP contribution in [-0.2, 0) is 9.59 Å². The Morgan fingerprint density at radius 3 is 2.26 bits per heavy atom. The van der Waals surface area contributed by atoms with Crippen LogP contribution in [0.15, 0.2) is 24.3 Å². The van der Waals surface area contributed by atoms with Crippen molar-refractivity contribution in [3.05, 3.63) is 35.6 Å². The molecule has 1 aromatic rings. The topological polar surface area (TPSA) is 57.6 Å². The molecule has 4 nitrogen and oxygen atoms in total. The highest BCUT2D eigenvalue weighted by molar-refractivity contribution is 5.86. The predicted molar refractivity (Wildman–Crippen MR) is 69.3 cm³/mol. The summed E-state index contributed by atoms with van der Waals surface area (Å²) < 4.78 is 12.9. The lowest BCUT2D eigenvalue weighted by atomic mass is 9.95. The van der Waals surface area contributed by atoms with Crippen molar-refractivity contribution in [3.63, 3.8) is 0 Å². The maximum absolute atomic E-state index is 12.9. The average molecular weight is 267 g/mol. The number of carboxylic acid groups (broad SMARTS) is 1. The first-order valence-electron chi connectivity index (χ1n) is 6.25. The Bertz CT molecular complexity index is 445. The molecule has 0 aliphatic heterocycles. The van der Waals surface area contributed by atoms with Gasteiger partial charge in [0.1, 0.15) is 12.4 Å². The Kier molecular flexibility index (Phi) is 5.48. The van der Waals surface area contributed by atoms with Gasteiger partial charge in [-0.2, -0.15) is 0 Å². The monoisotopic (exact) mass is 267 g/mol. The fraction of sp³-hybridized carbons (Fsp3) is 0.429. The lowest BCUT2D eigenvalue weighted by molar-refractivity contribution is -0.145. The molecule has 0 aliphatic rings. The van der Waals surface area contributed by atoms with E-state index < -0.39 is 11.9 Å². The summed E-state index contributed by atoms with van der Waals surface area (Å²) in [5, 5.41) is 8.78. The van der Waals surface area contributed by atoms with Crippen LogP contribution >= 0.6 is 0 Å². The number of carbonyl (C=O) groups is 2. The van der Waals surface area contributed by atoms with E-state index in [2.05, 4.69) is 0 Å². The molecule has 0 bridgehead atoms. The normalized spacial score (nSPS) is 11.9. The van der Waals surface area contributed by atoms with E-state index in [9.17, 15) is 14.0 Å². The second kappa shape index (κ2) is 6.87. The minimum Gasteiger partial charge on any atom is -0.480 e. The van der Waals surface area contributed by atoms with Crippen molar-refractivity contribution in [3.8, 4) is 0 Å². The average Bonchev–Trinajstić information content (AvgIpc) is 2.38. The number of nitrogens with zero attached hydrogens (tertiary/aromatic N) is 1. The van der Waals surface area contributed by atoms with E-state index in [-0.39, 0.29) is 18.3 Å². The van der Waals surface area contributed by atoms with Gasteiger partial charge in [0.15, 0.2) is 0 Å². The molecule has 19 heavy (non-hydrogen) atoms. The van der Waals surface area contributed by atoms with Gasteiger partial charge in [0.2, 0.25) is 5.91 Å². The maximum Gasteiger partial charge on any atom is 0.323 e. The van der Waals surface area contributed by atoms with Crippen LogP contribution in [-0.4, -0.2) is 35.0 Å². The van der Waals surface area contributed by atoms with Crippen molar-refractivity contribution >= 4 is 11.9 Å². The zero-order chi connectivity index (χ0) is 14.4. The molecular formula is C14H18FNO3. The fourth-order valence-corrected chi connectivity index (χ4v) is 1.98. The van der Waals surface area contributed by atoms with Crippen molar-refractivity contribution in [2.75, 3.05) is 13.1 Å². The number of hydrogen-bond acceptors (Lipinski definition) is 2. The largest absolute Gasteiger partial charge is 0.480 e. The van der Waals surface area contributed by atoms with Gasteiger partial charge >= 0.3 is 5.97 Å². The van der Waals surface area contributed by atoms with Gasteiger partial charge in [-0.3, -0.25) is 9.59 Å². The second-order valence-electron chi connectivity index (χ2n) is 4.26. The van der Waals surface area contributed by atoms with Crippen LogP contribution in [0.1, 0.15) is 31.7 Å². The van der Waals surface area contributed by atoms with E-state index in [0.29, 0.717) is 18.5 Å². The van der Waals surface area contributed by atoms with Gasteiger partial charge in [-0.15, -0.1) is 0 Å². The van der Waals surface area contributed by atoms with Crippen molar-refractivity contribution in [1.82, 2.24) is 4.90 Å². The summed E-state index contributed by atoms with van der Waals surface area (Å²) in [4.78, 5) is 24.3. The molecule has 0 fully saturated rings. The number of hydrogen-bond donors (Lipinski definition) is 1. The quantitative estimate of drug-likeness (QED) is 0.860. The predicted octanol–water partition coefficient (Wildman–Crippen LogP) is 2.25. The lowest BCUT2D eigenvalue weighted by Gasteiger charge is -2.24. The minimum absolute atomic E-state index is 0.237. The highest BCUT2D eigenvalue weighted by Crippen LogP contribution is 2.22. The molecule has 0 aromatic heterocycles. The molecule has 0 heterocycles. The van der Waals surface area contributed by atoms with E-state index in [4.69, 9.17) is 5.11 Å². The molecule has 1 N–H and O–H groups in total. The van der Waals surface area contributed by atoms with Gasteiger partial charge < -0.3 is 10.0 Å². The molecule has 1 aromatic carbocycles. The number of rotatable bonds is 6. The second-order valence-corrected chi connectivity index (χ2v) is 4.26. The third kappa shape index (κ3) is 4.05. The molecule has 0 radical (unpaired) electrons. The number of amides is 1. The minimum atomic E-state index is -1.04. The molecule has 0 saturated carbocycles. The first kappa shape index (κ1) is 15.1. The van der Waals surface area contributed by atoms with E-state index >= 15 is 0 Å². The van der Waals surface area contributed by atoms with Crippen LogP contribution < -0.4 is 0 Å². The Hall–Kier alpha value is -1.91. The summed E-state index contributed by atoms with van der Waals surface area (Å²) in [6, 6.07) is 5.74. The van der Waals surface area contributed by atoms with E-state index in [1.54, 1.807) is 19.1 Å². The molecule has 1 rings (SSSR count). The zero-order valence-electron chi connectivity index (χ0n) is 11.1. The number of aliphatic carboxylic acids is 1. The molecule has 0 spiro atoms. The molecule has 1 atom stereocenters. The number of halogens is 1. The molecule has 104 valence electrons. The number of likely N-dealkylation sites (N-methyl/N-ethyl adjacent to an activating group) is 1. The molecule has 0 aliphatic carbocycles. The van der Waals surface area contributed by atoms with Crippen molar-refractivity contribution in [2.24, 2.45) is 0 Å². The smallest absolute Gasteiger partial charge is 0.323 e. The lowest BCUT2D eigenvalue weighted by Crippen LogP contribution is -2.38. The van der Waals surface area contributed by atoms with Crippen LogP contribution in [0.2, 0.25) is 0 Å². The van der Waals surface area contributed by atoms with Crippen LogP contribution in [0.5, 0.6) is 0 Å². The van der Waals surface area contributed by atoms with Crippen molar-refractivity contribution < 1.29 is 19.1 Å². The molecule has 0 saturated heterocycles. The van der Waals surface area contributed by atoms with Gasteiger partial charge in [-0.25, -0.2) is 4.39 Å². The fourth-order valence-electron chi connectivity index (χ4n) is 1.98. The summed E-state index contributed by atoms with van der Waals surface area (Å²) in [5.41, 5.74) is 0.706. The molecule has 1 unspecified atom stereocenters. The molecule has 1 amide bonds. The standard InChI is InChI=1S/C14H18FNO3/c1-3-12(10-5-7-11(15)8-6-10)14(19)16(4-2)9-13(17)18/h5-8,12H,3-4,9H2,1-2H3,(H,17,18). The van der Waals surface area contributed by atoms with E-state index in [0.717, 1.165) is 0 Å². The highest BCUT2D eigenvalue weighted by atomic mass is 19.1. The Morgan fingerprint density at radius 1 is 1.26 bits per heavy atom. The summed E-state index contributed by atoms with van der Waals surface area (Å²) in [7, 11) is 0. The molecular weight excluding hydrogens is 249 g/mol. The number of carboxylic acids is 1. The van der Waals surface area contributed by atoms with E-state index in [1.807, 2.05) is 6.92 Å². The maximum atomic E-state index is 12.9. The van der Waals surface area contributed by atoms with Crippen LogP contribution in [0, 0.1) is 5.82 Å². The SMILES string of the molecule is CCC(C(=O)N(CC)CC(=O)O)c1ccc(F)cc1. The van der Waals surface area contributed by atoms with Crippen molar-refractivity contribution in [2.45, 2.75) is 26.2 Å². The summed E-state index contributed by atoms with van der Waals surface area (Å²) in [5.74, 6) is -2.06. The Balaban J connectivity index is 2.92. The third-order valence-corrected chi connectivity index (χ3v) is 3.00. The number of carbonyl (C=O) groups excluding carboxylic acids is 1. The Labute approximate surface area is 111 Å².